The van der Waals surface area contributed by atoms with Crippen molar-refractivity contribution in [3.05, 3.63) is 61.2 Å². The standard InChI is InChI=1S/C16H17N5O2/c22-13(12-23-14-5-2-1-3-6-14)9-18-15-10-17-11-16(20-15)21-8-4-7-19-21/h1-8,10-11,13,22H,9,12H2,(H,18,20). The molecule has 0 aliphatic heterocycles. The molecule has 0 spiro atoms. The van der Waals surface area contributed by atoms with E-state index in [0.717, 1.165) is 5.75 Å². The fourth-order valence-corrected chi connectivity index (χ4v) is 1.95. The highest BCUT2D eigenvalue weighted by atomic mass is 16.5. The van der Waals surface area contributed by atoms with Crippen LogP contribution in [0.5, 0.6) is 5.75 Å². The topological polar surface area (TPSA) is 85.1 Å². The van der Waals surface area contributed by atoms with E-state index in [1.807, 2.05) is 36.4 Å². The summed E-state index contributed by atoms with van der Waals surface area (Å²) in [5.41, 5.74) is 0. The van der Waals surface area contributed by atoms with Gasteiger partial charge in [-0.1, -0.05) is 18.2 Å². The second kappa shape index (κ2) is 7.37. The number of para-hydroxylation sites is 1. The summed E-state index contributed by atoms with van der Waals surface area (Å²) in [4.78, 5) is 8.49. The SMILES string of the molecule is OC(CNc1cncc(-n2cccn2)n1)COc1ccccc1. The zero-order valence-electron chi connectivity index (χ0n) is 12.4. The summed E-state index contributed by atoms with van der Waals surface area (Å²) >= 11 is 0. The summed E-state index contributed by atoms with van der Waals surface area (Å²) < 4.78 is 7.12. The monoisotopic (exact) mass is 311 g/mol. The Balaban J connectivity index is 1.51. The van der Waals surface area contributed by atoms with Crippen LogP contribution in [-0.2, 0) is 0 Å². The van der Waals surface area contributed by atoms with Crippen LogP contribution in [-0.4, -0.2) is 44.1 Å². The van der Waals surface area contributed by atoms with Crippen molar-refractivity contribution in [1.29, 1.82) is 0 Å². The highest BCUT2D eigenvalue weighted by Gasteiger charge is 2.07. The van der Waals surface area contributed by atoms with Crippen LogP contribution in [0.1, 0.15) is 0 Å². The van der Waals surface area contributed by atoms with Gasteiger partial charge in [0.15, 0.2) is 5.82 Å². The second-order valence-corrected chi connectivity index (χ2v) is 4.87. The van der Waals surface area contributed by atoms with E-state index in [2.05, 4.69) is 20.4 Å². The molecule has 0 bridgehead atoms. The quantitative estimate of drug-likeness (QED) is 0.688. The fourth-order valence-electron chi connectivity index (χ4n) is 1.95. The van der Waals surface area contributed by atoms with E-state index in [9.17, 15) is 5.11 Å². The maximum atomic E-state index is 9.97. The first-order valence-corrected chi connectivity index (χ1v) is 7.23. The number of ether oxygens (including phenoxy) is 1. The molecular formula is C16H17N5O2. The first kappa shape index (κ1) is 15.0. The van der Waals surface area contributed by atoms with Crippen LogP contribution < -0.4 is 10.1 Å². The Labute approximate surface area is 133 Å². The molecule has 0 saturated heterocycles. The summed E-state index contributed by atoms with van der Waals surface area (Å²) in [5, 5.41) is 17.1. The van der Waals surface area contributed by atoms with Crippen LogP contribution in [0.3, 0.4) is 0 Å². The third-order valence-corrected chi connectivity index (χ3v) is 3.07. The van der Waals surface area contributed by atoms with Crippen LogP contribution in [0, 0.1) is 0 Å². The van der Waals surface area contributed by atoms with Gasteiger partial charge in [-0.05, 0) is 18.2 Å². The lowest BCUT2D eigenvalue weighted by Crippen LogP contribution is -2.26. The van der Waals surface area contributed by atoms with E-state index >= 15 is 0 Å². The lowest BCUT2D eigenvalue weighted by Gasteiger charge is -2.13. The molecule has 2 N–H and O–H groups in total. The number of anilines is 1. The van der Waals surface area contributed by atoms with Crippen LogP contribution in [0.2, 0.25) is 0 Å². The molecule has 1 aromatic carbocycles. The molecule has 7 nitrogen and oxygen atoms in total. The van der Waals surface area contributed by atoms with E-state index in [-0.39, 0.29) is 6.61 Å². The molecule has 0 amide bonds. The van der Waals surface area contributed by atoms with Gasteiger partial charge in [-0.2, -0.15) is 5.10 Å². The van der Waals surface area contributed by atoms with E-state index < -0.39 is 6.10 Å². The summed E-state index contributed by atoms with van der Waals surface area (Å²) in [6.45, 7) is 0.507. The Hall–Kier alpha value is -2.93. The highest BCUT2D eigenvalue weighted by Crippen LogP contribution is 2.09. The number of benzene rings is 1. The molecule has 2 aromatic heterocycles. The van der Waals surface area contributed by atoms with Crippen LogP contribution in [0.4, 0.5) is 5.82 Å². The third-order valence-electron chi connectivity index (χ3n) is 3.07. The number of hydrogen-bond acceptors (Lipinski definition) is 6. The zero-order valence-corrected chi connectivity index (χ0v) is 12.4. The summed E-state index contributed by atoms with van der Waals surface area (Å²) in [6, 6.07) is 11.2. The number of aliphatic hydroxyl groups is 1. The first-order valence-electron chi connectivity index (χ1n) is 7.23. The lowest BCUT2D eigenvalue weighted by atomic mass is 10.3. The number of nitrogens with zero attached hydrogens (tertiary/aromatic N) is 4. The van der Waals surface area contributed by atoms with Gasteiger partial charge >= 0.3 is 0 Å². The normalized spacial score (nSPS) is 11.9. The molecule has 1 atom stereocenters. The molecule has 118 valence electrons. The maximum absolute atomic E-state index is 9.97. The molecule has 0 saturated carbocycles. The van der Waals surface area contributed by atoms with Crippen LogP contribution in [0.25, 0.3) is 5.82 Å². The minimum atomic E-state index is -0.662. The molecule has 3 rings (SSSR count). The fraction of sp³-hybridized carbons (Fsp3) is 0.188. The molecule has 0 aliphatic carbocycles. The van der Waals surface area contributed by atoms with Crippen LogP contribution in [0.15, 0.2) is 61.2 Å². The number of rotatable bonds is 7. The van der Waals surface area contributed by atoms with E-state index in [0.29, 0.717) is 18.2 Å². The van der Waals surface area contributed by atoms with Gasteiger partial charge in [0, 0.05) is 18.9 Å². The lowest BCUT2D eigenvalue weighted by molar-refractivity contribution is 0.117. The Morgan fingerprint density at radius 2 is 2.04 bits per heavy atom. The van der Waals surface area contributed by atoms with Crippen molar-refractivity contribution in [2.75, 3.05) is 18.5 Å². The summed E-state index contributed by atoms with van der Waals surface area (Å²) in [6.07, 6.45) is 6.01. The van der Waals surface area contributed by atoms with Crippen molar-refractivity contribution in [1.82, 2.24) is 19.7 Å². The van der Waals surface area contributed by atoms with E-state index in [1.54, 1.807) is 29.5 Å². The number of aromatic nitrogens is 4. The third kappa shape index (κ3) is 4.27. The van der Waals surface area contributed by atoms with Gasteiger partial charge in [0.25, 0.3) is 0 Å². The van der Waals surface area contributed by atoms with E-state index in [4.69, 9.17) is 4.74 Å². The average Bonchev–Trinajstić information content (AvgIpc) is 3.14. The zero-order chi connectivity index (χ0) is 15.9. The predicted molar refractivity (Wildman–Crippen MR) is 85.6 cm³/mol. The molecule has 1 unspecified atom stereocenters. The van der Waals surface area contributed by atoms with Gasteiger partial charge in [0.2, 0.25) is 0 Å². The number of nitrogens with one attached hydrogen (secondary N) is 1. The Morgan fingerprint density at radius 3 is 2.83 bits per heavy atom. The van der Waals surface area contributed by atoms with Gasteiger partial charge < -0.3 is 15.2 Å². The molecule has 23 heavy (non-hydrogen) atoms. The van der Waals surface area contributed by atoms with Gasteiger partial charge in [0.1, 0.15) is 24.3 Å². The van der Waals surface area contributed by atoms with Gasteiger partial charge in [-0.3, -0.25) is 4.98 Å². The molecule has 0 radical (unpaired) electrons. The van der Waals surface area contributed by atoms with Crippen molar-refractivity contribution in [2.24, 2.45) is 0 Å². The minimum Gasteiger partial charge on any atom is -0.491 e. The van der Waals surface area contributed by atoms with Crippen molar-refractivity contribution in [3.63, 3.8) is 0 Å². The Morgan fingerprint density at radius 1 is 1.17 bits per heavy atom. The average molecular weight is 311 g/mol. The highest BCUT2D eigenvalue weighted by molar-refractivity contribution is 5.35. The van der Waals surface area contributed by atoms with E-state index in [1.165, 1.54) is 0 Å². The largest absolute Gasteiger partial charge is 0.491 e. The Bertz CT molecular complexity index is 718. The predicted octanol–water partition coefficient (Wildman–Crippen LogP) is 1.51. The smallest absolute Gasteiger partial charge is 0.173 e. The minimum absolute atomic E-state index is 0.198. The van der Waals surface area contributed by atoms with Crippen LogP contribution >= 0.6 is 0 Å². The van der Waals surface area contributed by atoms with Gasteiger partial charge in [-0.15, -0.1) is 0 Å². The summed E-state index contributed by atoms with van der Waals surface area (Å²) in [5.74, 6) is 1.90. The Kier molecular flexibility index (Phi) is 4.80. The molecule has 0 aliphatic rings. The molecule has 3 aromatic rings. The van der Waals surface area contributed by atoms with Crippen molar-refractivity contribution >= 4 is 5.82 Å². The maximum Gasteiger partial charge on any atom is 0.173 e. The van der Waals surface area contributed by atoms with Gasteiger partial charge in [-0.25, -0.2) is 9.67 Å². The summed E-state index contributed by atoms with van der Waals surface area (Å²) in [7, 11) is 0. The van der Waals surface area contributed by atoms with Crippen molar-refractivity contribution in [2.45, 2.75) is 6.10 Å². The van der Waals surface area contributed by atoms with Gasteiger partial charge in [0.05, 0.1) is 12.4 Å². The first-order chi connectivity index (χ1) is 11.3. The molecule has 0 fully saturated rings. The number of aliphatic hydroxyl groups excluding tert-OH is 1. The van der Waals surface area contributed by atoms with Crippen molar-refractivity contribution in [3.8, 4) is 11.6 Å². The molecule has 2 heterocycles. The molecule has 7 heteroatoms. The molecular weight excluding hydrogens is 294 g/mol. The number of hydrogen-bond donors (Lipinski definition) is 2. The van der Waals surface area contributed by atoms with Crippen molar-refractivity contribution < 1.29 is 9.84 Å². The second-order valence-electron chi connectivity index (χ2n) is 4.87.